The van der Waals surface area contributed by atoms with Crippen molar-refractivity contribution in [3.63, 3.8) is 0 Å². The highest BCUT2D eigenvalue weighted by Crippen LogP contribution is 2.13. The molecular formula is C16H34N4. The van der Waals surface area contributed by atoms with Gasteiger partial charge in [-0.3, -0.25) is 4.90 Å². The minimum Gasteiger partial charge on any atom is -0.314 e. The van der Waals surface area contributed by atoms with Crippen LogP contribution in [0, 0.1) is 5.92 Å². The summed E-state index contributed by atoms with van der Waals surface area (Å²) in [5.41, 5.74) is 0. The zero-order valence-corrected chi connectivity index (χ0v) is 13.9. The van der Waals surface area contributed by atoms with Crippen LogP contribution in [0.25, 0.3) is 0 Å². The van der Waals surface area contributed by atoms with E-state index in [9.17, 15) is 0 Å². The van der Waals surface area contributed by atoms with Gasteiger partial charge < -0.3 is 15.1 Å². The van der Waals surface area contributed by atoms with Crippen molar-refractivity contribution >= 4 is 0 Å². The maximum absolute atomic E-state index is 3.72. The summed E-state index contributed by atoms with van der Waals surface area (Å²) in [6.07, 6.45) is 2.56. The molecule has 0 saturated carbocycles. The third kappa shape index (κ3) is 4.69. The van der Waals surface area contributed by atoms with E-state index in [0.717, 1.165) is 5.92 Å². The minimum atomic E-state index is 0.702. The molecule has 0 radical (unpaired) electrons. The number of piperazine rings is 1. The first-order valence-electron chi connectivity index (χ1n) is 8.43. The Balaban J connectivity index is 1.88. The molecule has 4 heteroatoms. The molecule has 0 aromatic carbocycles. The summed E-state index contributed by atoms with van der Waals surface area (Å²) in [6, 6.07) is 1.42. The van der Waals surface area contributed by atoms with E-state index in [0.29, 0.717) is 12.1 Å². The third-order valence-electron chi connectivity index (χ3n) is 5.06. The van der Waals surface area contributed by atoms with Gasteiger partial charge in [-0.05, 0) is 45.9 Å². The van der Waals surface area contributed by atoms with Crippen molar-refractivity contribution in [3.05, 3.63) is 0 Å². The summed E-state index contributed by atoms with van der Waals surface area (Å²) in [5, 5.41) is 3.72. The molecule has 2 aliphatic rings. The molecule has 3 atom stereocenters. The van der Waals surface area contributed by atoms with Gasteiger partial charge in [0.25, 0.3) is 0 Å². The fourth-order valence-electron chi connectivity index (χ4n) is 3.52. The molecular weight excluding hydrogens is 248 g/mol. The van der Waals surface area contributed by atoms with Gasteiger partial charge in [-0.2, -0.15) is 0 Å². The molecule has 118 valence electrons. The standard InChI is InChI=1S/C16H34N4/c1-5-15-6-7-20(11-14(2)10-17-15)13-16-12-18(3)8-9-19(16)4/h14-17H,5-13H2,1-4H3. The Kier molecular flexibility index (Phi) is 6.27. The molecule has 0 aromatic heterocycles. The molecule has 0 aromatic rings. The van der Waals surface area contributed by atoms with E-state index < -0.39 is 0 Å². The number of likely N-dealkylation sites (N-methyl/N-ethyl adjacent to an activating group) is 2. The predicted molar refractivity (Wildman–Crippen MR) is 86.2 cm³/mol. The zero-order valence-electron chi connectivity index (χ0n) is 13.9. The topological polar surface area (TPSA) is 21.8 Å². The van der Waals surface area contributed by atoms with Crippen LogP contribution >= 0.6 is 0 Å². The second-order valence-corrected chi connectivity index (χ2v) is 7.06. The summed E-state index contributed by atoms with van der Waals surface area (Å²) in [7, 11) is 4.55. The van der Waals surface area contributed by atoms with Crippen molar-refractivity contribution in [2.75, 3.05) is 59.9 Å². The molecule has 0 aliphatic carbocycles. The Bertz CT molecular complexity index is 284. The van der Waals surface area contributed by atoms with Crippen LogP contribution in [0.1, 0.15) is 26.7 Å². The highest BCUT2D eigenvalue weighted by Gasteiger charge is 2.26. The Hall–Kier alpha value is -0.160. The Labute approximate surface area is 125 Å². The Morgan fingerprint density at radius 3 is 2.65 bits per heavy atom. The fourth-order valence-corrected chi connectivity index (χ4v) is 3.52. The normalized spacial score (nSPS) is 35.7. The van der Waals surface area contributed by atoms with Gasteiger partial charge in [0, 0.05) is 44.8 Å². The average Bonchev–Trinajstić information content (AvgIpc) is 2.40. The molecule has 2 saturated heterocycles. The second kappa shape index (κ2) is 7.74. The van der Waals surface area contributed by atoms with Crippen LogP contribution in [-0.4, -0.2) is 86.7 Å². The van der Waals surface area contributed by atoms with Gasteiger partial charge >= 0.3 is 0 Å². The number of nitrogens with zero attached hydrogens (tertiary/aromatic N) is 3. The maximum atomic E-state index is 3.72. The van der Waals surface area contributed by atoms with Crippen molar-refractivity contribution in [2.24, 2.45) is 5.92 Å². The molecule has 3 unspecified atom stereocenters. The van der Waals surface area contributed by atoms with Crippen LogP contribution in [-0.2, 0) is 0 Å². The maximum Gasteiger partial charge on any atom is 0.0347 e. The van der Waals surface area contributed by atoms with E-state index in [1.807, 2.05) is 0 Å². The van der Waals surface area contributed by atoms with Crippen molar-refractivity contribution < 1.29 is 0 Å². The van der Waals surface area contributed by atoms with Crippen molar-refractivity contribution in [2.45, 2.75) is 38.8 Å². The number of nitrogens with one attached hydrogen (secondary N) is 1. The molecule has 20 heavy (non-hydrogen) atoms. The third-order valence-corrected chi connectivity index (χ3v) is 5.06. The minimum absolute atomic E-state index is 0.702. The highest BCUT2D eigenvalue weighted by molar-refractivity contribution is 4.84. The van der Waals surface area contributed by atoms with Crippen LogP contribution in [0.5, 0.6) is 0 Å². The summed E-state index contributed by atoms with van der Waals surface area (Å²) < 4.78 is 0. The van der Waals surface area contributed by atoms with Crippen LogP contribution in [0.2, 0.25) is 0 Å². The van der Waals surface area contributed by atoms with Gasteiger partial charge in [-0.25, -0.2) is 0 Å². The van der Waals surface area contributed by atoms with Crippen molar-refractivity contribution in [1.82, 2.24) is 20.0 Å². The van der Waals surface area contributed by atoms with Crippen molar-refractivity contribution in [3.8, 4) is 0 Å². The van der Waals surface area contributed by atoms with Crippen LogP contribution in [0.15, 0.2) is 0 Å². The molecule has 0 amide bonds. The lowest BCUT2D eigenvalue weighted by molar-refractivity contribution is 0.0730. The number of hydrogen-bond acceptors (Lipinski definition) is 4. The lowest BCUT2D eigenvalue weighted by atomic mass is 10.0. The van der Waals surface area contributed by atoms with Crippen LogP contribution in [0.3, 0.4) is 0 Å². The van der Waals surface area contributed by atoms with Gasteiger partial charge in [0.1, 0.15) is 0 Å². The summed E-state index contributed by atoms with van der Waals surface area (Å²) in [6.45, 7) is 13.2. The Morgan fingerprint density at radius 2 is 1.90 bits per heavy atom. The second-order valence-electron chi connectivity index (χ2n) is 7.06. The number of rotatable bonds is 3. The molecule has 0 bridgehead atoms. The monoisotopic (exact) mass is 282 g/mol. The average molecular weight is 282 g/mol. The molecule has 2 heterocycles. The van der Waals surface area contributed by atoms with E-state index in [2.05, 4.69) is 48.0 Å². The van der Waals surface area contributed by atoms with E-state index in [-0.39, 0.29) is 0 Å². The van der Waals surface area contributed by atoms with E-state index >= 15 is 0 Å². The van der Waals surface area contributed by atoms with Gasteiger partial charge in [-0.15, -0.1) is 0 Å². The van der Waals surface area contributed by atoms with Gasteiger partial charge in [0.15, 0.2) is 0 Å². The molecule has 2 aliphatic heterocycles. The highest BCUT2D eigenvalue weighted by atomic mass is 15.3. The SMILES string of the molecule is CCC1CCN(CC2CN(C)CCN2C)CC(C)CN1. The largest absolute Gasteiger partial charge is 0.314 e. The van der Waals surface area contributed by atoms with E-state index in [4.69, 9.17) is 0 Å². The Morgan fingerprint density at radius 1 is 1.10 bits per heavy atom. The molecule has 1 N–H and O–H groups in total. The van der Waals surface area contributed by atoms with Crippen LogP contribution < -0.4 is 5.32 Å². The first kappa shape index (κ1) is 16.2. The molecule has 2 rings (SSSR count). The summed E-state index contributed by atoms with van der Waals surface area (Å²) in [5.74, 6) is 0.760. The zero-order chi connectivity index (χ0) is 14.5. The molecule has 0 spiro atoms. The van der Waals surface area contributed by atoms with E-state index in [1.54, 1.807) is 0 Å². The van der Waals surface area contributed by atoms with Gasteiger partial charge in [-0.1, -0.05) is 13.8 Å². The lowest BCUT2D eigenvalue weighted by Crippen LogP contribution is -2.55. The van der Waals surface area contributed by atoms with Gasteiger partial charge in [0.05, 0.1) is 0 Å². The lowest BCUT2D eigenvalue weighted by Gasteiger charge is -2.41. The van der Waals surface area contributed by atoms with Crippen LogP contribution in [0.4, 0.5) is 0 Å². The molecule has 4 nitrogen and oxygen atoms in total. The quantitative estimate of drug-likeness (QED) is 0.832. The predicted octanol–water partition coefficient (Wildman–Crippen LogP) is 0.942. The summed E-state index contributed by atoms with van der Waals surface area (Å²) >= 11 is 0. The number of hydrogen-bond donors (Lipinski definition) is 1. The smallest absolute Gasteiger partial charge is 0.0347 e. The van der Waals surface area contributed by atoms with Crippen molar-refractivity contribution in [1.29, 1.82) is 0 Å². The van der Waals surface area contributed by atoms with E-state index in [1.165, 1.54) is 58.7 Å². The molecule has 2 fully saturated rings. The first-order chi connectivity index (χ1) is 9.58. The summed E-state index contributed by atoms with van der Waals surface area (Å²) in [4.78, 5) is 7.75. The first-order valence-corrected chi connectivity index (χ1v) is 8.43. The van der Waals surface area contributed by atoms with Gasteiger partial charge in [0.2, 0.25) is 0 Å². The fraction of sp³-hybridized carbons (Fsp3) is 1.00.